The molecule has 1 aromatic heterocycles. The molecule has 2 amide bonds. The van der Waals surface area contributed by atoms with Crippen LogP contribution in [0.4, 0.5) is 5.69 Å². The van der Waals surface area contributed by atoms with Crippen molar-refractivity contribution in [3.05, 3.63) is 95.7 Å². The van der Waals surface area contributed by atoms with E-state index in [2.05, 4.69) is 34.7 Å². The maximum Gasteiger partial charge on any atom is 0.242 e. The molecule has 0 aliphatic heterocycles. The number of nitrogens with two attached hydrogens (primary N) is 1. The Kier molecular flexibility index (Phi) is 13.1. The van der Waals surface area contributed by atoms with Crippen LogP contribution < -0.4 is 21.1 Å². The molecule has 3 aromatic carbocycles. The van der Waals surface area contributed by atoms with E-state index in [0.29, 0.717) is 43.8 Å². The Morgan fingerprint density at radius 3 is 2.50 bits per heavy atom. The minimum absolute atomic E-state index is 0.203. The fraction of sp³-hybridized carbons (Fsp3) is 0.324. The SMILES string of the molecule is COc1ccc(CCC[C@@H](C)CC=O)cc1.Nc1cccc(CCNC(=O)[C@H](Cc2c[nH]c3ccccc23)NC=O)c1. The van der Waals surface area contributed by atoms with Crippen molar-refractivity contribution in [3.8, 4) is 5.75 Å². The second-order valence-electron chi connectivity index (χ2n) is 10.4. The lowest BCUT2D eigenvalue weighted by atomic mass is 9.99. The number of ether oxygens (including phenoxy) is 1. The van der Waals surface area contributed by atoms with E-state index in [1.165, 1.54) is 5.56 Å². The summed E-state index contributed by atoms with van der Waals surface area (Å²) in [6.07, 6.45) is 8.58. The Morgan fingerprint density at radius 1 is 1.00 bits per heavy atom. The number of aldehydes is 1. The Balaban J connectivity index is 0.000000260. The van der Waals surface area contributed by atoms with Gasteiger partial charge in [-0.15, -0.1) is 0 Å². The number of carbonyl (C=O) groups is 3. The Bertz CT molecular complexity index is 1400. The molecule has 0 aliphatic carbocycles. The average molecular weight is 571 g/mol. The maximum absolute atomic E-state index is 12.5. The first kappa shape index (κ1) is 31.9. The van der Waals surface area contributed by atoms with Crippen LogP contribution in [0.3, 0.4) is 0 Å². The number of aromatic nitrogens is 1. The number of rotatable bonds is 15. The van der Waals surface area contributed by atoms with Gasteiger partial charge in [-0.1, -0.05) is 49.4 Å². The van der Waals surface area contributed by atoms with Gasteiger partial charge in [0.05, 0.1) is 7.11 Å². The summed E-state index contributed by atoms with van der Waals surface area (Å²) in [6, 6.07) is 23.0. The summed E-state index contributed by atoms with van der Waals surface area (Å²) in [4.78, 5) is 36.9. The summed E-state index contributed by atoms with van der Waals surface area (Å²) >= 11 is 0. The number of para-hydroxylation sites is 1. The van der Waals surface area contributed by atoms with Gasteiger partial charge in [0.15, 0.2) is 0 Å². The molecule has 0 aliphatic rings. The van der Waals surface area contributed by atoms with Crippen LogP contribution in [-0.4, -0.2) is 43.3 Å². The molecule has 0 radical (unpaired) electrons. The summed E-state index contributed by atoms with van der Waals surface area (Å²) in [5.74, 6) is 1.21. The van der Waals surface area contributed by atoms with Crippen LogP contribution in [0.5, 0.6) is 5.75 Å². The summed E-state index contributed by atoms with van der Waals surface area (Å²) in [5.41, 5.74) is 10.9. The number of benzene rings is 3. The molecule has 42 heavy (non-hydrogen) atoms. The molecule has 5 N–H and O–H groups in total. The van der Waals surface area contributed by atoms with Crippen molar-refractivity contribution in [2.75, 3.05) is 19.4 Å². The summed E-state index contributed by atoms with van der Waals surface area (Å²) < 4.78 is 5.10. The summed E-state index contributed by atoms with van der Waals surface area (Å²) in [7, 11) is 1.68. The first-order valence-electron chi connectivity index (χ1n) is 14.4. The lowest BCUT2D eigenvalue weighted by Gasteiger charge is -2.16. The molecule has 0 unspecified atom stereocenters. The van der Waals surface area contributed by atoms with Crippen molar-refractivity contribution in [2.45, 2.75) is 51.5 Å². The molecule has 0 fully saturated rings. The van der Waals surface area contributed by atoms with Gasteiger partial charge in [0, 0.05) is 42.2 Å². The molecular weight excluding hydrogens is 528 g/mol. The van der Waals surface area contributed by atoms with E-state index in [1.807, 2.05) is 66.9 Å². The van der Waals surface area contributed by atoms with Gasteiger partial charge < -0.3 is 30.9 Å². The van der Waals surface area contributed by atoms with Crippen molar-refractivity contribution in [2.24, 2.45) is 5.92 Å². The number of carbonyl (C=O) groups excluding carboxylic acids is 3. The molecule has 8 nitrogen and oxygen atoms in total. The predicted octanol–water partition coefficient (Wildman–Crippen LogP) is 5.01. The minimum atomic E-state index is -0.618. The van der Waals surface area contributed by atoms with Crippen LogP contribution in [0, 0.1) is 5.92 Å². The monoisotopic (exact) mass is 570 g/mol. The van der Waals surface area contributed by atoms with Gasteiger partial charge in [0.2, 0.25) is 12.3 Å². The van der Waals surface area contributed by atoms with E-state index in [-0.39, 0.29) is 5.91 Å². The van der Waals surface area contributed by atoms with Crippen molar-refractivity contribution >= 4 is 35.2 Å². The Hall–Kier alpha value is -4.59. The van der Waals surface area contributed by atoms with E-state index in [4.69, 9.17) is 10.5 Å². The van der Waals surface area contributed by atoms with Crippen LogP contribution >= 0.6 is 0 Å². The van der Waals surface area contributed by atoms with Gasteiger partial charge in [-0.3, -0.25) is 9.59 Å². The van der Waals surface area contributed by atoms with Crippen molar-refractivity contribution in [3.63, 3.8) is 0 Å². The van der Waals surface area contributed by atoms with E-state index in [0.717, 1.165) is 53.3 Å². The zero-order chi connectivity index (χ0) is 30.2. The number of nitrogen functional groups attached to an aromatic ring is 1. The first-order valence-corrected chi connectivity index (χ1v) is 14.4. The molecule has 1 heterocycles. The first-order chi connectivity index (χ1) is 20.4. The number of aryl methyl sites for hydroxylation is 1. The highest BCUT2D eigenvalue weighted by molar-refractivity contribution is 5.87. The second kappa shape index (κ2) is 17.3. The zero-order valence-corrected chi connectivity index (χ0v) is 24.5. The molecule has 222 valence electrons. The van der Waals surface area contributed by atoms with Crippen LogP contribution in [0.25, 0.3) is 10.9 Å². The van der Waals surface area contributed by atoms with Crippen molar-refractivity contribution < 1.29 is 19.1 Å². The lowest BCUT2D eigenvalue weighted by molar-refractivity contribution is -0.125. The number of fused-ring (bicyclic) bond motifs is 1. The second-order valence-corrected chi connectivity index (χ2v) is 10.4. The highest BCUT2D eigenvalue weighted by atomic mass is 16.5. The molecule has 4 aromatic rings. The number of anilines is 1. The number of hydrogen-bond donors (Lipinski definition) is 4. The van der Waals surface area contributed by atoms with Crippen LogP contribution in [0.2, 0.25) is 0 Å². The number of H-pyrrole nitrogens is 1. The Morgan fingerprint density at radius 2 is 1.79 bits per heavy atom. The van der Waals surface area contributed by atoms with E-state index < -0.39 is 6.04 Å². The van der Waals surface area contributed by atoms with Crippen LogP contribution in [0.15, 0.2) is 79.0 Å². The molecule has 2 atom stereocenters. The summed E-state index contributed by atoms with van der Waals surface area (Å²) in [6.45, 7) is 2.61. The zero-order valence-electron chi connectivity index (χ0n) is 24.5. The molecular formula is C34H42N4O4. The normalized spacial score (nSPS) is 12.0. The van der Waals surface area contributed by atoms with Gasteiger partial charge in [-0.25, -0.2) is 0 Å². The molecule has 0 saturated heterocycles. The molecule has 8 heteroatoms. The van der Waals surface area contributed by atoms with Gasteiger partial charge >= 0.3 is 0 Å². The fourth-order valence-electron chi connectivity index (χ4n) is 4.76. The highest BCUT2D eigenvalue weighted by Crippen LogP contribution is 2.19. The number of amides is 2. The largest absolute Gasteiger partial charge is 0.497 e. The Labute approximate surface area is 248 Å². The molecule has 0 spiro atoms. The number of aromatic amines is 1. The standard InChI is InChI=1S/C20H22N4O2.C14H20O2/c21-16-5-3-4-14(10-16)8-9-22-20(26)19(24-13-25)11-15-12-23-18-7-2-1-6-17(15)18;1-12(10-11-15)4-3-5-13-6-8-14(16-2)9-7-13/h1-7,10,12-13,19,23H,8-9,11,21H2,(H,22,26)(H,24,25);6-9,11-12H,3-5,10H2,1-2H3/t19-;12-/m01/s1. The molecule has 0 saturated carbocycles. The number of methoxy groups -OCH3 is 1. The summed E-state index contributed by atoms with van der Waals surface area (Å²) in [5, 5.41) is 6.55. The highest BCUT2D eigenvalue weighted by Gasteiger charge is 2.19. The third-order valence-corrected chi connectivity index (χ3v) is 7.17. The van der Waals surface area contributed by atoms with E-state index >= 15 is 0 Å². The lowest BCUT2D eigenvalue weighted by Crippen LogP contribution is -2.45. The minimum Gasteiger partial charge on any atom is -0.497 e. The third-order valence-electron chi connectivity index (χ3n) is 7.17. The molecule has 0 bridgehead atoms. The molecule has 4 rings (SSSR count). The smallest absolute Gasteiger partial charge is 0.242 e. The fourth-order valence-corrected chi connectivity index (χ4v) is 4.76. The number of nitrogens with one attached hydrogen (secondary N) is 3. The third kappa shape index (κ3) is 10.4. The maximum atomic E-state index is 12.5. The van der Waals surface area contributed by atoms with Crippen molar-refractivity contribution in [1.82, 2.24) is 15.6 Å². The average Bonchev–Trinajstić information content (AvgIpc) is 3.40. The van der Waals surface area contributed by atoms with E-state index in [9.17, 15) is 14.4 Å². The van der Waals surface area contributed by atoms with Crippen molar-refractivity contribution in [1.29, 1.82) is 0 Å². The van der Waals surface area contributed by atoms with Gasteiger partial charge in [-0.2, -0.15) is 0 Å². The predicted molar refractivity (Wildman–Crippen MR) is 168 cm³/mol. The quantitative estimate of drug-likeness (QED) is 0.118. The van der Waals surface area contributed by atoms with E-state index in [1.54, 1.807) is 7.11 Å². The van der Waals surface area contributed by atoms with Crippen LogP contribution in [-0.2, 0) is 33.6 Å². The number of hydrogen-bond acceptors (Lipinski definition) is 5. The van der Waals surface area contributed by atoms with Gasteiger partial charge in [0.25, 0.3) is 0 Å². The van der Waals surface area contributed by atoms with Gasteiger partial charge in [-0.05, 0) is 78.6 Å². The van der Waals surface area contributed by atoms with Gasteiger partial charge in [0.1, 0.15) is 18.1 Å². The topological polar surface area (TPSA) is 126 Å². The van der Waals surface area contributed by atoms with Crippen LogP contribution in [0.1, 0.15) is 42.9 Å².